The molecule has 0 atom stereocenters. The van der Waals surface area contributed by atoms with E-state index >= 15 is 0 Å². The molecule has 7 nitrogen and oxygen atoms in total. The molecule has 2 N–H and O–H groups in total. The SMILES string of the molecule is COc1ccc(C(=O)N/C(=C\c2cccs2)C(=O)NCc2cccc(OC(C)C)c2)cc1OC. The van der Waals surface area contributed by atoms with E-state index < -0.39 is 11.8 Å². The van der Waals surface area contributed by atoms with Gasteiger partial charge in [-0.05, 0) is 67.3 Å². The monoisotopic (exact) mass is 480 g/mol. The Labute approximate surface area is 203 Å². The van der Waals surface area contributed by atoms with E-state index in [0.717, 1.165) is 16.2 Å². The highest BCUT2D eigenvalue weighted by Gasteiger charge is 2.17. The van der Waals surface area contributed by atoms with Gasteiger partial charge < -0.3 is 24.8 Å². The lowest BCUT2D eigenvalue weighted by Gasteiger charge is -2.13. The molecule has 8 heteroatoms. The number of ether oxygens (including phenoxy) is 3. The minimum atomic E-state index is -0.439. The van der Waals surface area contributed by atoms with Crippen LogP contribution in [0.2, 0.25) is 0 Å². The number of thiophene rings is 1. The molecule has 0 fully saturated rings. The lowest BCUT2D eigenvalue weighted by Crippen LogP contribution is -2.34. The fourth-order valence-corrected chi connectivity index (χ4v) is 3.78. The first-order valence-electron chi connectivity index (χ1n) is 10.7. The summed E-state index contributed by atoms with van der Waals surface area (Å²) in [7, 11) is 3.02. The van der Waals surface area contributed by atoms with Gasteiger partial charge in [0.15, 0.2) is 11.5 Å². The zero-order valence-corrected chi connectivity index (χ0v) is 20.4. The van der Waals surface area contributed by atoms with Crippen LogP contribution in [0.15, 0.2) is 65.7 Å². The molecule has 3 aromatic rings. The first-order chi connectivity index (χ1) is 16.4. The number of carbonyl (C=O) groups is 2. The topological polar surface area (TPSA) is 85.9 Å². The second-order valence-corrected chi connectivity index (χ2v) is 8.57. The Morgan fingerprint density at radius 3 is 2.47 bits per heavy atom. The Morgan fingerprint density at radius 2 is 1.79 bits per heavy atom. The van der Waals surface area contributed by atoms with Gasteiger partial charge in [0.25, 0.3) is 11.8 Å². The van der Waals surface area contributed by atoms with Crippen LogP contribution < -0.4 is 24.8 Å². The second kappa shape index (κ2) is 11.9. The van der Waals surface area contributed by atoms with E-state index in [1.165, 1.54) is 25.6 Å². The van der Waals surface area contributed by atoms with Crippen LogP contribution in [-0.2, 0) is 11.3 Å². The van der Waals surface area contributed by atoms with Gasteiger partial charge in [0.05, 0.1) is 20.3 Å². The molecular weight excluding hydrogens is 452 g/mol. The van der Waals surface area contributed by atoms with Crippen molar-refractivity contribution in [3.05, 3.63) is 81.7 Å². The Bertz CT molecular complexity index is 1160. The number of rotatable bonds is 10. The van der Waals surface area contributed by atoms with Gasteiger partial charge in [-0.1, -0.05) is 18.2 Å². The number of amides is 2. The van der Waals surface area contributed by atoms with Gasteiger partial charge in [0, 0.05) is 17.0 Å². The van der Waals surface area contributed by atoms with Crippen molar-refractivity contribution in [1.29, 1.82) is 0 Å². The van der Waals surface area contributed by atoms with Crippen LogP contribution in [0, 0.1) is 0 Å². The molecule has 34 heavy (non-hydrogen) atoms. The van der Waals surface area contributed by atoms with Crippen molar-refractivity contribution in [1.82, 2.24) is 10.6 Å². The third-order valence-electron chi connectivity index (χ3n) is 4.69. The summed E-state index contributed by atoms with van der Waals surface area (Å²) in [5.74, 6) is 0.822. The number of hydrogen-bond acceptors (Lipinski definition) is 6. The molecule has 0 spiro atoms. The molecule has 2 amide bonds. The van der Waals surface area contributed by atoms with Gasteiger partial charge in [0.1, 0.15) is 11.4 Å². The van der Waals surface area contributed by atoms with Gasteiger partial charge in [-0.2, -0.15) is 0 Å². The van der Waals surface area contributed by atoms with Gasteiger partial charge >= 0.3 is 0 Å². The molecule has 0 bridgehead atoms. The quantitative estimate of drug-likeness (QED) is 0.413. The summed E-state index contributed by atoms with van der Waals surface area (Å²) >= 11 is 1.46. The minimum Gasteiger partial charge on any atom is -0.493 e. The fourth-order valence-electron chi connectivity index (χ4n) is 3.12. The second-order valence-electron chi connectivity index (χ2n) is 7.59. The van der Waals surface area contributed by atoms with Crippen LogP contribution in [0.4, 0.5) is 0 Å². The highest BCUT2D eigenvalue weighted by Crippen LogP contribution is 2.27. The number of nitrogens with one attached hydrogen (secondary N) is 2. The minimum absolute atomic E-state index is 0.0527. The van der Waals surface area contributed by atoms with Crippen LogP contribution in [-0.4, -0.2) is 32.1 Å². The molecule has 0 aliphatic rings. The average molecular weight is 481 g/mol. The van der Waals surface area contributed by atoms with Gasteiger partial charge in [-0.15, -0.1) is 11.3 Å². The predicted octanol–water partition coefficient (Wildman–Crippen LogP) is 4.64. The van der Waals surface area contributed by atoms with E-state index in [1.54, 1.807) is 24.3 Å². The van der Waals surface area contributed by atoms with Crippen LogP contribution in [0.25, 0.3) is 6.08 Å². The summed E-state index contributed by atoms with van der Waals surface area (Å²) in [6.45, 7) is 4.19. The smallest absolute Gasteiger partial charge is 0.268 e. The highest BCUT2D eigenvalue weighted by molar-refractivity contribution is 7.10. The van der Waals surface area contributed by atoms with Crippen molar-refractivity contribution in [3.8, 4) is 17.2 Å². The first kappa shape index (κ1) is 24.9. The lowest BCUT2D eigenvalue weighted by atomic mass is 10.1. The van der Waals surface area contributed by atoms with Crippen molar-refractivity contribution in [2.24, 2.45) is 0 Å². The molecule has 0 saturated heterocycles. The van der Waals surface area contributed by atoms with E-state index in [1.807, 2.05) is 55.6 Å². The Morgan fingerprint density at radius 1 is 1.00 bits per heavy atom. The molecular formula is C26H28N2O5S. The summed E-state index contributed by atoms with van der Waals surface area (Å²) < 4.78 is 16.2. The molecule has 178 valence electrons. The summed E-state index contributed by atoms with van der Waals surface area (Å²) in [4.78, 5) is 26.8. The standard InChI is InChI=1S/C26H28N2O5S/c1-17(2)33-20-8-5-7-18(13-20)16-27-26(30)22(15-21-9-6-12-34-21)28-25(29)19-10-11-23(31-3)24(14-19)32-4/h5-15,17H,16H2,1-4H3,(H,27,30)(H,28,29)/b22-15-. The Balaban J connectivity index is 1.76. The zero-order chi connectivity index (χ0) is 24.5. The molecule has 0 saturated carbocycles. The fraction of sp³-hybridized carbons (Fsp3) is 0.231. The van der Waals surface area contributed by atoms with Crippen LogP contribution in [0.1, 0.15) is 34.6 Å². The number of carbonyl (C=O) groups excluding carboxylic acids is 2. The average Bonchev–Trinajstić information content (AvgIpc) is 3.34. The third kappa shape index (κ3) is 6.86. The summed E-state index contributed by atoms with van der Waals surface area (Å²) in [5, 5.41) is 7.50. The van der Waals surface area contributed by atoms with Crippen LogP contribution >= 0.6 is 11.3 Å². The molecule has 1 heterocycles. The van der Waals surface area contributed by atoms with Gasteiger partial charge in [-0.25, -0.2) is 0 Å². The largest absolute Gasteiger partial charge is 0.493 e. The maximum absolute atomic E-state index is 13.0. The highest BCUT2D eigenvalue weighted by atomic mass is 32.1. The van der Waals surface area contributed by atoms with Gasteiger partial charge in [-0.3, -0.25) is 9.59 Å². The molecule has 0 radical (unpaired) electrons. The zero-order valence-electron chi connectivity index (χ0n) is 19.6. The summed E-state index contributed by atoms with van der Waals surface area (Å²) in [5.41, 5.74) is 1.35. The Hall–Kier alpha value is -3.78. The molecule has 0 unspecified atom stereocenters. The molecule has 0 aliphatic carbocycles. The number of hydrogen-bond donors (Lipinski definition) is 2. The third-order valence-corrected chi connectivity index (χ3v) is 5.51. The van der Waals surface area contributed by atoms with Crippen molar-refractivity contribution in [2.75, 3.05) is 14.2 Å². The number of methoxy groups -OCH3 is 2. The van der Waals surface area contributed by atoms with Crippen LogP contribution in [0.5, 0.6) is 17.2 Å². The maximum atomic E-state index is 13.0. The lowest BCUT2D eigenvalue weighted by molar-refractivity contribution is -0.117. The molecule has 2 aromatic carbocycles. The van der Waals surface area contributed by atoms with E-state index in [2.05, 4.69) is 10.6 Å². The summed E-state index contributed by atoms with van der Waals surface area (Å²) in [6, 6.07) is 16.1. The molecule has 0 aliphatic heterocycles. The van der Waals surface area contributed by atoms with Gasteiger partial charge in [0.2, 0.25) is 0 Å². The maximum Gasteiger partial charge on any atom is 0.268 e. The van der Waals surface area contributed by atoms with Crippen molar-refractivity contribution in [2.45, 2.75) is 26.5 Å². The van der Waals surface area contributed by atoms with E-state index in [-0.39, 0.29) is 18.3 Å². The number of benzene rings is 2. The van der Waals surface area contributed by atoms with E-state index in [9.17, 15) is 9.59 Å². The van der Waals surface area contributed by atoms with Crippen molar-refractivity contribution < 1.29 is 23.8 Å². The normalized spacial score (nSPS) is 11.1. The van der Waals surface area contributed by atoms with E-state index in [0.29, 0.717) is 17.1 Å². The summed E-state index contributed by atoms with van der Waals surface area (Å²) in [6.07, 6.45) is 1.70. The molecule has 1 aromatic heterocycles. The predicted molar refractivity (Wildman–Crippen MR) is 133 cm³/mol. The van der Waals surface area contributed by atoms with Crippen molar-refractivity contribution in [3.63, 3.8) is 0 Å². The Kier molecular flexibility index (Phi) is 8.70. The first-order valence-corrected chi connectivity index (χ1v) is 11.6. The van der Waals surface area contributed by atoms with E-state index in [4.69, 9.17) is 14.2 Å². The molecule has 3 rings (SSSR count). The van der Waals surface area contributed by atoms with Crippen LogP contribution in [0.3, 0.4) is 0 Å². The van der Waals surface area contributed by atoms with Crippen molar-refractivity contribution >= 4 is 29.2 Å².